The number of methoxy groups -OCH3 is 1. The van der Waals surface area contributed by atoms with E-state index in [1.165, 1.54) is 0 Å². The predicted molar refractivity (Wildman–Crippen MR) is 97.7 cm³/mol. The van der Waals surface area contributed by atoms with Crippen molar-refractivity contribution >= 4 is 24.0 Å². The van der Waals surface area contributed by atoms with Gasteiger partial charge in [-0.1, -0.05) is 6.07 Å². The number of nitrogens with zero attached hydrogens (tertiary/aromatic N) is 1. The van der Waals surface area contributed by atoms with Crippen molar-refractivity contribution in [3.05, 3.63) is 40.7 Å². The monoisotopic (exact) mass is 366 g/mol. The number of ether oxygens (including phenoxy) is 2. The molecule has 0 saturated carbocycles. The number of benzene rings is 1. The number of aromatic nitrogens is 2. The highest BCUT2D eigenvalue weighted by molar-refractivity contribution is 6.04. The van der Waals surface area contributed by atoms with Gasteiger partial charge >= 0.3 is 0 Å². The lowest BCUT2D eigenvalue weighted by Gasteiger charge is -2.15. The normalized spacial score (nSPS) is 12.9. The lowest BCUT2D eigenvalue weighted by atomic mass is 10.1. The van der Waals surface area contributed by atoms with Crippen LogP contribution in [0.1, 0.15) is 27.3 Å². The molecule has 7 nitrogen and oxygen atoms in total. The topological polar surface area (TPSA) is 88.3 Å². The Morgan fingerprint density at radius 1 is 1.36 bits per heavy atom. The molecule has 0 fully saturated rings. The number of hydrogen-bond acceptors (Lipinski definition) is 5. The van der Waals surface area contributed by atoms with Crippen molar-refractivity contribution in [2.24, 2.45) is 0 Å². The zero-order valence-corrected chi connectivity index (χ0v) is 15.2. The van der Waals surface area contributed by atoms with Gasteiger partial charge in [0.15, 0.2) is 5.69 Å². The van der Waals surface area contributed by atoms with Gasteiger partial charge in [-0.25, -0.2) is 0 Å². The molecule has 0 unspecified atom stereocenters. The highest BCUT2D eigenvalue weighted by atomic mass is 35.5. The van der Waals surface area contributed by atoms with Gasteiger partial charge in [-0.2, -0.15) is 5.10 Å². The molecule has 1 aliphatic heterocycles. The van der Waals surface area contributed by atoms with Crippen molar-refractivity contribution in [1.82, 2.24) is 15.5 Å². The zero-order chi connectivity index (χ0) is 16.9. The first-order chi connectivity index (χ1) is 11.7. The maximum absolute atomic E-state index is 12.6. The molecule has 2 heterocycles. The van der Waals surface area contributed by atoms with Crippen LogP contribution in [0.4, 0.5) is 5.69 Å². The number of carbonyl (C=O) groups excluding carboxylic acids is 1. The molecule has 0 radical (unpaired) electrons. The smallest absolute Gasteiger partial charge is 0.276 e. The van der Waals surface area contributed by atoms with Gasteiger partial charge in [-0.15, -0.1) is 12.4 Å². The Balaban J connectivity index is 0.00000225. The molecule has 1 aromatic heterocycles. The molecule has 25 heavy (non-hydrogen) atoms. The van der Waals surface area contributed by atoms with E-state index in [9.17, 15) is 4.79 Å². The fraction of sp³-hybridized carbons (Fsp3) is 0.412. The van der Waals surface area contributed by atoms with Crippen LogP contribution in [0, 0.1) is 6.92 Å². The van der Waals surface area contributed by atoms with Gasteiger partial charge in [0, 0.05) is 37.9 Å². The number of aromatic amines is 1. The summed E-state index contributed by atoms with van der Waals surface area (Å²) >= 11 is 0. The summed E-state index contributed by atoms with van der Waals surface area (Å²) in [6.07, 6.45) is 0.853. The van der Waals surface area contributed by atoms with E-state index in [1.807, 2.05) is 25.1 Å². The second-order valence-electron chi connectivity index (χ2n) is 5.75. The molecule has 1 amide bonds. The summed E-state index contributed by atoms with van der Waals surface area (Å²) in [5, 5.41) is 13.3. The van der Waals surface area contributed by atoms with Crippen molar-refractivity contribution in [2.45, 2.75) is 19.9 Å². The van der Waals surface area contributed by atoms with E-state index in [-0.39, 0.29) is 18.3 Å². The van der Waals surface area contributed by atoms with E-state index in [0.717, 1.165) is 29.8 Å². The molecule has 136 valence electrons. The van der Waals surface area contributed by atoms with E-state index < -0.39 is 0 Å². The first-order valence-corrected chi connectivity index (χ1v) is 7.99. The van der Waals surface area contributed by atoms with Crippen molar-refractivity contribution in [3.8, 4) is 5.75 Å². The first-order valence-electron chi connectivity index (χ1n) is 7.99. The maximum atomic E-state index is 12.6. The predicted octanol–water partition coefficient (Wildman–Crippen LogP) is 2.06. The van der Waals surface area contributed by atoms with Crippen LogP contribution >= 0.6 is 12.4 Å². The number of fused-ring (bicyclic) bond motifs is 1. The Kier molecular flexibility index (Phi) is 6.81. The van der Waals surface area contributed by atoms with Gasteiger partial charge in [0.2, 0.25) is 0 Å². The summed E-state index contributed by atoms with van der Waals surface area (Å²) in [5.74, 6) is 0.388. The molecule has 2 aromatic rings. The van der Waals surface area contributed by atoms with Crippen molar-refractivity contribution in [3.63, 3.8) is 0 Å². The number of rotatable bonds is 6. The fourth-order valence-electron chi connectivity index (χ4n) is 2.68. The van der Waals surface area contributed by atoms with E-state index in [2.05, 4.69) is 20.8 Å². The summed E-state index contributed by atoms with van der Waals surface area (Å²) in [5.41, 5.74) is 4.08. The lowest BCUT2D eigenvalue weighted by Crippen LogP contribution is -2.25. The van der Waals surface area contributed by atoms with Crippen molar-refractivity contribution in [1.29, 1.82) is 0 Å². The average molecular weight is 367 g/mol. The number of aryl methyl sites for hydroxylation is 1. The van der Waals surface area contributed by atoms with Crippen LogP contribution in [0.5, 0.6) is 5.75 Å². The number of anilines is 1. The number of carbonyl (C=O) groups is 1. The highest BCUT2D eigenvalue weighted by Crippen LogP contribution is 2.27. The fourth-order valence-corrected chi connectivity index (χ4v) is 2.68. The standard InChI is InChI=1S/C17H22N4O3.ClH/c1-11-3-4-14(15(9-11)24-8-7-23-2)19-17(22)16-12-10-18-6-5-13(12)20-21-16;/h3-4,9,18H,5-8,10H2,1-2H3,(H,19,22)(H,20,21);1H. The van der Waals surface area contributed by atoms with Gasteiger partial charge in [0.05, 0.1) is 12.3 Å². The third-order valence-electron chi connectivity index (χ3n) is 3.95. The van der Waals surface area contributed by atoms with E-state index >= 15 is 0 Å². The minimum Gasteiger partial charge on any atom is -0.489 e. The van der Waals surface area contributed by atoms with Crippen LogP contribution in [0.2, 0.25) is 0 Å². The molecule has 0 aliphatic carbocycles. The molecule has 3 rings (SSSR count). The Morgan fingerprint density at radius 3 is 3.00 bits per heavy atom. The van der Waals surface area contributed by atoms with Crippen molar-refractivity contribution in [2.75, 3.05) is 32.2 Å². The Labute approximate surface area is 152 Å². The van der Waals surface area contributed by atoms with Gasteiger partial charge < -0.3 is 20.1 Å². The number of amides is 1. The number of H-pyrrole nitrogens is 1. The van der Waals surface area contributed by atoms with Crippen LogP contribution in [-0.4, -0.2) is 43.0 Å². The summed E-state index contributed by atoms with van der Waals surface area (Å²) in [4.78, 5) is 12.6. The van der Waals surface area contributed by atoms with Gasteiger partial charge in [-0.3, -0.25) is 9.89 Å². The third kappa shape index (κ3) is 4.50. The first kappa shape index (κ1) is 19.2. The zero-order valence-electron chi connectivity index (χ0n) is 14.3. The molecule has 3 N–H and O–H groups in total. The minimum absolute atomic E-state index is 0. The van der Waals surface area contributed by atoms with E-state index in [4.69, 9.17) is 9.47 Å². The largest absolute Gasteiger partial charge is 0.489 e. The van der Waals surface area contributed by atoms with E-state index in [1.54, 1.807) is 7.11 Å². The van der Waals surface area contributed by atoms with Crippen LogP contribution in [0.15, 0.2) is 18.2 Å². The van der Waals surface area contributed by atoms with Gasteiger partial charge in [0.25, 0.3) is 5.91 Å². The molecule has 8 heteroatoms. The Hall–Kier alpha value is -2.09. The SMILES string of the molecule is COCCOc1cc(C)ccc1NC(=O)c1n[nH]c2c1CNCC2.Cl. The third-order valence-corrected chi connectivity index (χ3v) is 3.95. The highest BCUT2D eigenvalue weighted by Gasteiger charge is 2.22. The number of hydrogen-bond donors (Lipinski definition) is 3. The number of halogens is 1. The van der Waals surface area contributed by atoms with E-state index in [0.29, 0.717) is 36.9 Å². The molecule has 1 aromatic carbocycles. The second kappa shape index (κ2) is 8.84. The Morgan fingerprint density at radius 2 is 2.20 bits per heavy atom. The van der Waals surface area contributed by atoms with Crippen LogP contribution in [0.25, 0.3) is 0 Å². The lowest BCUT2D eigenvalue weighted by molar-refractivity contribution is 0.102. The molecule has 0 spiro atoms. The summed E-state index contributed by atoms with van der Waals surface area (Å²) in [7, 11) is 1.62. The summed E-state index contributed by atoms with van der Waals surface area (Å²) < 4.78 is 10.7. The van der Waals surface area contributed by atoms with Gasteiger partial charge in [-0.05, 0) is 24.6 Å². The molecule has 1 aliphatic rings. The Bertz CT molecular complexity index is 733. The molecule has 0 bridgehead atoms. The molecule has 0 atom stereocenters. The summed E-state index contributed by atoms with van der Waals surface area (Å²) in [6.45, 7) is 4.43. The number of nitrogens with one attached hydrogen (secondary N) is 3. The average Bonchev–Trinajstić information content (AvgIpc) is 3.01. The molecule has 0 saturated heterocycles. The van der Waals surface area contributed by atoms with Crippen molar-refractivity contribution < 1.29 is 14.3 Å². The minimum atomic E-state index is -0.239. The van der Waals surface area contributed by atoms with Crippen LogP contribution in [0.3, 0.4) is 0 Å². The summed E-state index contributed by atoms with van der Waals surface area (Å²) in [6, 6.07) is 5.67. The quantitative estimate of drug-likeness (QED) is 0.681. The van der Waals surface area contributed by atoms with Gasteiger partial charge in [0.1, 0.15) is 12.4 Å². The second-order valence-corrected chi connectivity index (χ2v) is 5.75. The van der Waals surface area contributed by atoms with Crippen LogP contribution < -0.4 is 15.4 Å². The molecular weight excluding hydrogens is 344 g/mol. The maximum Gasteiger partial charge on any atom is 0.276 e. The molecular formula is C17H23ClN4O3. The van der Waals surface area contributed by atoms with Crippen LogP contribution in [-0.2, 0) is 17.7 Å².